The lowest BCUT2D eigenvalue weighted by Gasteiger charge is -2.36. The SMILES string of the molecule is CCNc1nc(N2C[C@@H](C)O[C@@H](C)C2)c2[nH]cnc2n1. The summed E-state index contributed by atoms with van der Waals surface area (Å²) in [6, 6.07) is 0. The third-order valence-electron chi connectivity index (χ3n) is 3.32. The Morgan fingerprint density at radius 3 is 2.80 bits per heavy atom. The summed E-state index contributed by atoms with van der Waals surface area (Å²) in [4.78, 5) is 18.7. The van der Waals surface area contributed by atoms with Gasteiger partial charge >= 0.3 is 0 Å². The van der Waals surface area contributed by atoms with Crippen LogP contribution in [0.4, 0.5) is 11.8 Å². The number of morpholine rings is 1. The van der Waals surface area contributed by atoms with Gasteiger partial charge in [0.05, 0.1) is 18.5 Å². The zero-order valence-electron chi connectivity index (χ0n) is 12.1. The second kappa shape index (κ2) is 5.24. The fraction of sp³-hybridized carbons (Fsp3) is 0.615. The van der Waals surface area contributed by atoms with E-state index in [0.29, 0.717) is 11.6 Å². The molecule has 2 aromatic heterocycles. The highest BCUT2D eigenvalue weighted by atomic mass is 16.5. The molecule has 1 fully saturated rings. The van der Waals surface area contributed by atoms with Crippen molar-refractivity contribution in [3.8, 4) is 0 Å². The van der Waals surface area contributed by atoms with E-state index >= 15 is 0 Å². The molecule has 7 heteroatoms. The lowest BCUT2D eigenvalue weighted by Crippen LogP contribution is -2.46. The summed E-state index contributed by atoms with van der Waals surface area (Å²) in [5.74, 6) is 1.51. The number of hydrogen-bond acceptors (Lipinski definition) is 6. The molecule has 1 aliphatic rings. The van der Waals surface area contributed by atoms with Gasteiger partial charge in [0.1, 0.15) is 5.52 Å². The van der Waals surface area contributed by atoms with Crippen LogP contribution in [0.2, 0.25) is 0 Å². The third kappa shape index (κ3) is 2.40. The van der Waals surface area contributed by atoms with Crippen LogP contribution in [-0.2, 0) is 4.74 Å². The van der Waals surface area contributed by atoms with Crippen molar-refractivity contribution in [2.24, 2.45) is 0 Å². The number of H-pyrrole nitrogens is 1. The summed E-state index contributed by atoms with van der Waals surface area (Å²) in [5.41, 5.74) is 1.57. The van der Waals surface area contributed by atoms with E-state index in [1.54, 1.807) is 6.33 Å². The van der Waals surface area contributed by atoms with Gasteiger partial charge in [-0.05, 0) is 20.8 Å². The van der Waals surface area contributed by atoms with Crippen molar-refractivity contribution in [2.45, 2.75) is 33.0 Å². The highest BCUT2D eigenvalue weighted by Crippen LogP contribution is 2.25. The Kier molecular flexibility index (Phi) is 3.43. The minimum atomic E-state index is 0.189. The van der Waals surface area contributed by atoms with Crippen LogP contribution >= 0.6 is 0 Å². The van der Waals surface area contributed by atoms with Crippen molar-refractivity contribution in [3.63, 3.8) is 0 Å². The maximum Gasteiger partial charge on any atom is 0.226 e. The number of hydrogen-bond donors (Lipinski definition) is 2. The summed E-state index contributed by atoms with van der Waals surface area (Å²) in [5, 5.41) is 3.16. The summed E-state index contributed by atoms with van der Waals surface area (Å²) in [7, 11) is 0. The standard InChI is InChI=1S/C13H20N6O/c1-4-14-13-17-11-10(15-7-16-11)12(18-13)19-5-8(2)20-9(3)6-19/h7-9H,4-6H2,1-3H3,(H2,14,15,16,17,18)/t8-,9+. The van der Waals surface area contributed by atoms with Crippen LogP contribution in [-0.4, -0.2) is 51.8 Å². The van der Waals surface area contributed by atoms with E-state index in [2.05, 4.69) is 44.0 Å². The third-order valence-corrected chi connectivity index (χ3v) is 3.32. The van der Waals surface area contributed by atoms with Gasteiger partial charge in [-0.1, -0.05) is 0 Å². The maximum atomic E-state index is 5.78. The van der Waals surface area contributed by atoms with Crippen molar-refractivity contribution in [3.05, 3.63) is 6.33 Å². The van der Waals surface area contributed by atoms with Crippen LogP contribution in [0.15, 0.2) is 6.33 Å². The van der Waals surface area contributed by atoms with Crippen molar-refractivity contribution in [1.29, 1.82) is 0 Å². The van der Waals surface area contributed by atoms with E-state index in [0.717, 1.165) is 31.0 Å². The Hall–Kier alpha value is -1.89. The van der Waals surface area contributed by atoms with E-state index in [1.807, 2.05) is 6.92 Å². The molecule has 0 amide bonds. The maximum absolute atomic E-state index is 5.78. The fourth-order valence-corrected chi connectivity index (χ4v) is 2.63. The zero-order chi connectivity index (χ0) is 14.1. The molecule has 2 atom stereocenters. The van der Waals surface area contributed by atoms with Gasteiger partial charge in [-0.2, -0.15) is 9.97 Å². The molecule has 1 aliphatic heterocycles. The van der Waals surface area contributed by atoms with Crippen LogP contribution in [0.25, 0.3) is 11.2 Å². The molecule has 2 aromatic rings. The minimum Gasteiger partial charge on any atom is -0.372 e. The molecule has 0 unspecified atom stereocenters. The summed E-state index contributed by atoms with van der Waals surface area (Å²) < 4.78 is 5.78. The molecular formula is C13H20N6O. The predicted molar refractivity (Wildman–Crippen MR) is 78.1 cm³/mol. The van der Waals surface area contributed by atoms with E-state index in [9.17, 15) is 0 Å². The Balaban J connectivity index is 2.02. The van der Waals surface area contributed by atoms with E-state index in [1.165, 1.54) is 0 Å². The van der Waals surface area contributed by atoms with Crippen LogP contribution in [0.1, 0.15) is 20.8 Å². The number of aromatic amines is 1. The summed E-state index contributed by atoms with van der Waals surface area (Å²) in [6.07, 6.45) is 2.04. The topological polar surface area (TPSA) is 79.0 Å². The lowest BCUT2D eigenvalue weighted by molar-refractivity contribution is -0.00537. The molecule has 0 saturated carbocycles. The lowest BCUT2D eigenvalue weighted by atomic mass is 10.2. The number of aromatic nitrogens is 4. The van der Waals surface area contributed by atoms with Gasteiger partial charge in [0.2, 0.25) is 5.95 Å². The molecule has 7 nitrogen and oxygen atoms in total. The smallest absolute Gasteiger partial charge is 0.226 e. The number of fused-ring (bicyclic) bond motifs is 1. The highest BCUT2D eigenvalue weighted by molar-refractivity contribution is 5.84. The first-order chi connectivity index (χ1) is 9.67. The largest absolute Gasteiger partial charge is 0.372 e. The van der Waals surface area contributed by atoms with Crippen LogP contribution in [0.3, 0.4) is 0 Å². The van der Waals surface area contributed by atoms with E-state index in [-0.39, 0.29) is 12.2 Å². The molecule has 3 rings (SSSR count). The molecule has 108 valence electrons. The first-order valence-electron chi connectivity index (χ1n) is 7.02. The highest BCUT2D eigenvalue weighted by Gasteiger charge is 2.25. The average molecular weight is 276 g/mol. The normalized spacial score (nSPS) is 23.2. The molecular weight excluding hydrogens is 256 g/mol. The van der Waals surface area contributed by atoms with Gasteiger partial charge in [0.25, 0.3) is 0 Å². The number of nitrogens with zero attached hydrogens (tertiary/aromatic N) is 4. The molecule has 0 aromatic carbocycles. The molecule has 0 bridgehead atoms. The number of nitrogens with one attached hydrogen (secondary N) is 2. The molecule has 2 N–H and O–H groups in total. The van der Waals surface area contributed by atoms with Gasteiger partial charge < -0.3 is 19.9 Å². The van der Waals surface area contributed by atoms with Gasteiger partial charge in [-0.25, -0.2) is 4.98 Å². The van der Waals surface area contributed by atoms with Gasteiger partial charge in [-0.3, -0.25) is 0 Å². The molecule has 0 aliphatic carbocycles. The van der Waals surface area contributed by atoms with Crippen molar-refractivity contribution < 1.29 is 4.74 Å². The summed E-state index contributed by atoms with van der Waals surface area (Å²) in [6.45, 7) is 8.61. The quantitative estimate of drug-likeness (QED) is 0.882. The monoisotopic (exact) mass is 276 g/mol. The molecule has 3 heterocycles. The number of rotatable bonds is 3. The Morgan fingerprint density at radius 1 is 1.35 bits per heavy atom. The van der Waals surface area contributed by atoms with Crippen LogP contribution < -0.4 is 10.2 Å². The Labute approximate surface area is 117 Å². The Morgan fingerprint density at radius 2 is 2.10 bits per heavy atom. The van der Waals surface area contributed by atoms with Gasteiger partial charge in [0.15, 0.2) is 11.5 Å². The first kappa shape index (κ1) is 13.1. The van der Waals surface area contributed by atoms with Crippen molar-refractivity contribution >= 4 is 22.9 Å². The molecule has 0 spiro atoms. The molecule has 1 saturated heterocycles. The van der Waals surface area contributed by atoms with E-state index < -0.39 is 0 Å². The summed E-state index contributed by atoms with van der Waals surface area (Å²) >= 11 is 0. The van der Waals surface area contributed by atoms with Gasteiger partial charge in [0, 0.05) is 19.6 Å². The number of ether oxygens (including phenoxy) is 1. The second-order valence-electron chi connectivity index (χ2n) is 5.16. The molecule has 20 heavy (non-hydrogen) atoms. The predicted octanol–water partition coefficient (Wildman–Crippen LogP) is 1.40. The van der Waals surface area contributed by atoms with E-state index in [4.69, 9.17) is 4.74 Å². The first-order valence-corrected chi connectivity index (χ1v) is 7.02. The number of imidazole rings is 1. The van der Waals surface area contributed by atoms with Crippen LogP contribution in [0.5, 0.6) is 0 Å². The zero-order valence-corrected chi connectivity index (χ0v) is 12.1. The van der Waals surface area contributed by atoms with Crippen molar-refractivity contribution in [2.75, 3.05) is 29.9 Å². The van der Waals surface area contributed by atoms with Crippen molar-refractivity contribution in [1.82, 2.24) is 19.9 Å². The average Bonchev–Trinajstić information content (AvgIpc) is 2.85. The minimum absolute atomic E-state index is 0.189. The second-order valence-corrected chi connectivity index (χ2v) is 5.16. The fourth-order valence-electron chi connectivity index (χ4n) is 2.63. The van der Waals surface area contributed by atoms with Crippen LogP contribution in [0, 0.1) is 0 Å². The Bertz CT molecular complexity index is 588. The molecule has 0 radical (unpaired) electrons. The number of anilines is 2. The van der Waals surface area contributed by atoms with Gasteiger partial charge in [-0.15, -0.1) is 0 Å².